The van der Waals surface area contributed by atoms with E-state index in [2.05, 4.69) is 20.2 Å². The van der Waals surface area contributed by atoms with Gasteiger partial charge < -0.3 is 23.5 Å². The van der Waals surface area contributed by atoms with Gasteiger partial charge in [-0.2, -0.15) is 0 Å². The number of methoxy groups -OCH3 is 2. The molecule has 8 rings (SSSR count). The molecule has 0 bridgehead atoms. The largest absolute Gasteiger partial charge is 0.496 e. The number of pyridine rings is 2. The van der Waals surface area contributed by atoms with E-state index < -0.39 is 23.6 Å². The van der Waals surface area contributed by atoms with Gasteiger partial charge in [0.2, 0.25) is 0 Å². The number of ether oxygens (including phenoxy) is 4. The van der Waals surface area contributed by atoms with E-state index in [1.54, 1.807) is 49.0 Å². The summed E-state index contributed by atoms with van der Waals surface area (Å²) in [5.74, 6) is 0.152. The number of ketones is 2. The zero-order chi connectivity index (χ0) is 40.5. The van der Waals surface area contributed by atoms with Crippen LogP contribution in [0.5, 0.6) is 17.2 Å². The Balaban J connectivity index is 0.817. The van der Waals surface area contributed by atoms with Gasteiger partial charge in [-0.3, -0.25) is 38.8 Å². The molecule has 0 N–H and O–H groups in total. The number of piperidine rings is 1. The van der Waals surface area contributed by atoms with Gasteiger partial charge in [-0.25, -0.2) is 4.68 Å². The standard InChI is InChI=1S/C42H43N7O9/c1-46-22-34(30-8-11-43-20-33(30)40(46)52)25-16-38(55-2)35(39(17-25)56-3)23-47-12-9-28(10-13-47)58-24-26-21-48(45-44-26)14-15-57-29-5-6-31-32(19-29)42(54)49(41(31)53)36-7-4-27(50)18-37(36)51/h5-6,8,11,16-17,19-22,28,36H,4,7,9-10,12-15,18,23-24H2,1-3H3. The van der Waals surface area contributed by atoms with Crippen molar-refractivity contribution in [2.24, 2.45) is 7.05 Å². The number of aryl methyl sites for hydroxylation is 1. The Morgan fingerprint density at radius 1 is 0.845 bits per heavy atom. The van der Waals surface area contributed by atoms with Gasteiger partial charge in [0.25, 0.3) is 17.4 Å². The topological polar surface area (TPSA) is 177 Å². The zero-order valence-corrected chi connectivity index (χ0v) is 32.5. The lowest BCUT2D eigenvalue weighted by Crippen LogP contribution is -2.47. The molecule has 3 aliphatic rings. The lowest BCUT2D eigenvalue weighted by Gasteiger charge is -2.32. The Kier molecular flexibility index (Phi) is 10.9. The van der Waals surface area contributed by atoms with Crippen LogP contribution in [0.1, 0.15) is 64.1 Å². The number of carbonyl (C=O) groups is 4. The molecule has 1 saturated carbocycles. The average molecular weight is 790 g/mol. The second kappa shape index (κ2) is 16.3. The summed E-state index contributed by atoms with van der Waals surface area (Å²) in [4.78, 5) is 70.5. The molecule has 58 heavy (non-hydrogen) atoms. The summed E-state index contributed by atoms with van der Waals surface area (Å²) in [5.41, 5.74) is 3.68. The second-order valence-corrected chi connectivity index (χ2v) is 14.8. The highest BCUT2D eigenvalue weighted by molar-refractivity contribution is 6.23. The number of amides is 2. The van der Waals surface area contributed by atoms with Gasteiger partial charge >= 0.3 is 0 Å². The van der Waals surface area contributed by atoms with Crippen LogP contribution in [0.4, 0.5) is 0 Å². The van der Waals surface area contributed by atoms with E-state index in [-0.39, 0.29) is 54.4 Å². The number of Topliss-reactive ketones (excluding diaryl/α,β-unsaturated/α-hetero) is 2. The molecule has 5 heterocycles. The maximum absolute atomic E-state index is 13.2. The number of aromatic nitrogens is 5. The van der Waals surface area contributed by atoms with Crippen LogP contribution in [-0.2, 0) is 41.1 Å². The molecule has 2 aliphatic heterocycles. The maximum Gasteiger partial charge on any atom is 0.262 e. The minimum atomic E-state index is -0.918. The van der Waals surface area contributed by atoms with Crippen molar-refractivity contribution in [2.75, 3.05) is 33.9 Å². The fraction of sp³-hybridized carbons (Fsp3) is 0.381. The van der Waals surface area contributed by atoms with Crippen molar-refractivity contribution in [3.8, 4) is 28.4 Å². The van der Waals surface area contributed by atoms with E-state index in [1.165, 1.54) is 12.1 Å². The summed E-state index contributed by atoms with van der Waals surface area (Å²) in [6.45, 7) is 3.22. The molecule has 16 nitrogen and oxygen atoms in total. The summed E-state index contributed by atoms with van der Waals surface area (Å²) in [6, 6.07) is 9.58. The maximum atomic E-state index is 13.2. The van der Waals surface area contributed by atoms with Gasteiger partial charge in [-0.1, -0.05) is 5.21 Å². The normalized spacial score (nSPS) is 17.6. The zero-order valence-electron chi connectivity index (χ0n) is 32.5. The minimum Gasteiger partial charge on any atom is -0.496 e. The van der Waals surface area contributed by atoms with Crippen molar-refractivity contribution in [1.29, 1.82) is 0 Å². The first kappa shape index (κ1) is 38.6. The highest BCUT2D eigenvalue weighted by atomic mass is 16.5. The van der Waals surface area contributed by atoms with E-state index in [0.717, 1.165) is 52.9 Å². The summed E-state index contributed by atoms with van der Waals surface area (Å²) < 4.78 is 27.1. The van der Waals surface area contributed by atoms with Crippen LogP contribution in [-0.4, -0.2) is 104 Å². The first-order valence-electron chi connectivity index (χ1n) is 19.2. The number of benzene rings is 2. The number of likely N-dealkylation sites (tertiary alicyclic amines) is 1. The molecule has 1 saturated heterocycles. The molecule has 0 radical (unpaired) electrons. The number of nitrogens with zero attached hydrogens (tertiary/aromatic N) is 7. The summed E-state index contributed by atoms with van der Waals surface area (Å²) in [6.07, 6.45) is 8.72. The fourth-order valence-electron chi connectivity index (χ4n) is 8.01. The van der Waals surface area contributed by atoms with E-state index in [9.17, 15) is 24.0 Å². The molecule has 16 heteroatoms. The number of imide groups is 1. The van der Waals surface area contributed by atoms with E-state index in [0.29, 0.717) is 48.0 Å². The quantitative estimate of drug-likeness (QED) is 0.125. The first-order chi connectivity index (χ1) is 28.1. The third-order valence-electron chi connectivity index (χ3n) is 11.1. The lowest BCUT2D eigenvalue weighted by molar-refractivity contribution is -0.132. The SMILES string of the molecule is COc1cc(-c2cn(C)c(=O)c3cnccc23)cc(OC)c1CN1CCC(OCc2cn(CCOc3ccc4c(c3)C(=O)N(C3CCC(=O)CC3=O)C4=O)nn2)CC1. The van der Waals surface area contributed by atoms with Crippen LogP contribution in [0, 0.1) is 0 Å². The molecule has 300 valence electrons. The molecular weight excluding hydrogens is 747 g/mol. The van der Waals surface area contributed by atoms with E-state index in [4.69, 9.17) is 18.9 Å². The molecule has 3 aromatic heterocycles. The van der Waals surface area contributed by atoms with Crippen molar-refractivity contribution >= 4 is 34.2 Å². The Morgan fingerprint density at radius 3 is 2.34 bits per heavy atom. The molecular formula is C42H43N7O9. The minimum absolute atomic E-state index is 0.0625. The van der Waals surface area contributed by atoms with Crippen LogP contribution in [0.3, 0.4) is 0 Å². The van der Waals surface area contributed by atoms with Crippen molar-refractivity contribution in [3.63, 3.8) is 0 Å². The van der Waals surface area contributed by atoms with Gasteiger partial charge in [-0.05, 0) is 66.6 Å². The third kappa shape index (κ3) is 7.59. The summed E-state index contributed by atoms with van der Waals surface area (Å²) in [5, 5.41) is 9.81. The monoisotopic (exact) mass is 789 g/mol. The van der Waals surface area contributed by atoms with Gasteiger partial charge in [0, 0.05) is 57.3 Å². The average Bonchev–Trinajstić information content (AvgIpc) is 3.79. The Morgan fingerprint density at radius 2 is 1.60 bits per heavy atom. The van der Waals surface area contributed by atoms with Crippen LogP contribution < -0.4 is 19.8 Å². The van der Waals surface area contributed by atoms with Gasteiger partial charge in [0.1, 0.15) is 35.3 Å². The number of fused-ring (bicyclic) bond motifs is 2. The van der Waals surface area contributed by atoms with Crippen molar-refractivity contribution in [1.82, 2.24) is 34.3 Å². The lowest BCUT2D eigenvalue weighted by atomic mass is 9.92. The second-order valence-electron chi connectivity index (χ2n) is 14.8. The van der Waals surface area contributed by atoms with Crippen LogP contribution in [0.2, 0.25) is 0 Å². The Hall–Kier alpha value is -6.26. The van der Waals surface area contributed by atoms with Crippen LogP contribution in [0.15, 0.2) is 66.0 Å². The van der Waals surface area contributed by atoms with Crippen LogP contribution in [0.25, 0.3) is 21.9 Å². The summed E-state index contributed by atoms with van der Waals surface area (Å²) in [7, 11) is 5.03. The van der Waals surface area contributed by atoms with Crippen molar-refractivity contribution in [2.45, 2.75) is 63.9 Å². The molecule has 1 atom stereocenters. The van der Waals surface area contributed by atoms with Gasteiger partial charge in [-0.15, -0.1) is 5.10 Å². The fourth-order valence-corrected chi connectivity index (χ4v) is 8.01. The van der Waals surface area contributed by atoms with Crippen molar-refractivity contribution < 1.29 is 38.1 Å². The molecule has 2 aromatic carbocycles. The Bertz CT molecular complexity index is 2460. The molecule has 1 unspecified atom stereocenters. The van der Waals surface area contributed by atoms with Gasteiger partial charge in [0.05, 0.1) is 74.2 Å². The molecule has 0 spiro atoms. The predicted molar refractivity (Wildman–Crippen MR) is 209 cm³/mol. The first-order valence-corrected chi connectivity index (χ1v) is 19.2. The third-order valence-corrected chi connectivity index (χ3v) is 11.1. The van der Waals surface area contributed by atoms with Crippen molar-refractivity contribution in [3.05, 3.63) is 93.9 Å². The van der Waals surface area contributed by atoms with E-state index >= 15 is 0 Å². The predicted octanol–water partition coefficient (Wildman–Crippen LogP) is 3.76. The number of carbonyl (C=O) groups excluding carboxylic acids is 4. The highest BCUT2D eigenvalue weighted by Crippen LogP contribution is 2.38. The highest BCUT2D eigenvalue weighted by Gasteiger charge is 2.44. The molecule has 2 amide bonds. The molecule has 5 aromatic rings. The smallest absolute Gasteiger partial charge is 0.262 e. The number of hydrogen-bond donors (Lipinski definition) is 0. The Labute approximate surface area is 333 Å². The van der Waals surface area contributed by atoms with Gasteiger partial charge in [0.15, 0.2) is 5.78 Å². The molecule has 2 fully saturated rings. The van der Waals surface area contributed by atoms with Crippen LogP contribution >= 0.6 is 0 Å². The number of rotatable bonds is 13. The summed E-state index contributed by atoms with van der Waals surface area (Å²) >= 11 is 0. The number of hydrogen-bond acceptors (Lipinski definition) is 13. The van der Waals surface area contributed by atoms with E-state index in [1.807, 2.05) is 30.6 Å². The molecule has 1 aliphatic carbocycles.